The van der Waals surface area contributed by atoms with E-state index in [2.05, 4.69) is 254 Å². The molecule has 0 amide bonds. The fourth-order valence-corrected chi connectivity index (χ4v) is 9.75. The van der Waals surface area contributed by atoms with Crippen LogP contribution in [0, 0.1) is 0 Å². The van der Waals surface area contributed by atoms with Crippen molar-refractivity contribution in [1.29, 1.82) is 0 Å². The molecular formula is C64H43NO. The number of nitrogens with zero attached hydrogens (tertiary/aromatic N) is 1. The minimum Gasteiger partial charge on any atom is -0.455 e. The summed E-state index contributed by atoms with van der Waals surface area (Å²) in [5.74, 6) is 0. The average molecular weight is 842 g/mol. The van der Waals surface area contributed by atoms with E-state index in [-0.39, 0.29) is 0 Å². The predicted octanol–water partition coefficient (Wildman–Crippen LogP) is 18.2. The summed E-state index contributed by atoms with van der Waals surface area (Å²) in [6.45, 7) is 0. The van der Waals surface area contributed by atoms with E-state index >= 15 is 0 Å². The van der Waals surface area contributed by atoms with Gasteiger partial charge in [0.2, 0.25) is 0 Å². The molecule has 0 atom stereocenters. The Labute approximate surface area is 384 Å². The van der Waals surface area contributed by atoms with Crippen molar-refractivity contribution in [3.63, 3.8) is 0 Å². The Kier molecular flexibility index (Phi) is 9.89. The van der Waals surface area contributed by atoms with Gasteiger partial charge < -0.3 is 9.32 Å². The largest absolute Gasteiger partial charge is 0.455 e. The molecule has 0 unspecified atom stereocenters. The standard InChI is InChI=1S/C64H43NO/c1-3-16-46(17-4-1)55-23-9-10-25-59(55)63-56(48-18-5-2-6-19-48)27-15-30-61(63)65(52-42-38-50(39-43-52)57-28-14-29-60-58-24-11-12-31-62(58)66-64(57)60)51-40-36-45(37-41-51)44-32-34-49(35-33-44)54-26-13-21-47-20-7-8-22-53(47)54/h1-43H. The van der Waals surface area contributed by atoms with Crippen molar-refractivity contribution in [2.45, 2.75) is 0 Å². The second kappa shape index (κ2) is 16.8. The zero-order valence-corrected chi connectivity index (χ0v) is 36.2. The van der Waals surface area contributed by atoms with Crippen LogP contribution in [0.25, 0.3) is 99.5 Å². The van der Waals surface area contributed by atoms with Crippen LogP contribution in [0.1, 0.15) is 0 Å². The van der Waals surface area contributed by atoms with Gasteiger partial charge in [-0.1, -0.05) is 224 Å². The highest BCUT2D eigenvalue weighted by Gasteiger charge is 2.23. The van der Waals surface area contributed by atoms with E-state index in [0.29, 0.717) is 0 Å². The smallest absolute Gasteiger partial charge is 0.143 e. The average Bonchev–Trinajstić information content (AvgIpc) is 3.79. The number of hydrogen-bond donors (Lipinski definition) is 0. The van der Waals surface area contributed by atoms with Crippen molar-refractivity contribution in [2.75, 3.05) is 4.90 Å². The quantitative estimate of drug-likeness (QED) is 0.144. The van der Waals surface area contributed by atoms with Crippen LogP contribution in [-0.2, 0) is 0 Å². The molecule has 66 heavy (non-hydrogen) atoms. The van der Waals surface area contributed by atoms with Crippen molar-refractivity contribution in [2.24, 2.45) is 0 Å². The van der Waals surface area contributed by atoms with Crippen LogP contribution in [0.2, 0.25) is 0 Å². The minimum absolute atomic E-state index is 0.897. The highest BCUT2D eigenvalue weighted by atomic mass is 16.3. The highest BCUT2D eigenvalue weighted by Crippen LogP contribution is 2.48. The van der Waals surface area contributed by atoms with Gasteiger partial charge in [0.05, 0.1) is 5.69 Å². The molecule has 0 saturated carbocycles. The summed E-state index contributed by atoms with van der Waals surface area (Å²) < 4.78 is 6.51. The summed E-state index contributed by atoms with van der Waals surface area (Å²) >= 11 is 0. The van der Waals surface area contributed by atoms with E-state index < -0.39 is 0 Å². The zero-order valence-electron chi connectivity index (χ0n) is 36.2. The Morgan fingerprint density at radius 3 is 1.42 bits per heavy atom. The van der Waals surface area contributed by atoms with Crippen LogP contribution < -0.4 is 4.90 Å². The number of para-hydroxylation sites is 2. The second-order valence-corrected chi connectivity index (χ2v) is 16.8. The molecule has 0 aliphatic carbocycles. The molecule has 0 N–H and O–H groups in total. The Balaban J connectivity index is 1.01. The third-order valence-corrected chi connectivity index (χ3v) is 12.9. The van der Waals surface area contributed by atoms with Gasteiger partial charge in [0.25, 0.3) is 0 Å². The molecule has 1 heterocycles. The molecule has 2 nitrogen and oxygen atoms in total. The number of fused-ring (bicyclic) bond motifs is 4. The van der Waals surface area contributed by atoms with Crippen LogP contribution in [0.15, 0.2) is 265 Å². The van der Waals surface area contributed by atoms with Crippen LogP contribution in [0.4, 0.5) is 17.1 Å². The SMILES string of the molecule is c1ccc(-c2ccccc2-c2c(-c3ccccc3)cccc2N(c2ccc(-c3ccc(-c4cccc5ccccc45)cc3)cc2)c2ccc(-c3cccc4c3oc3ccccc34)cc2)cc1. The van der Waals surface area contributed by atoms with Crippen LogP contribution in [0.5, 0.6) is 0 Å². The number of rotatable bonds is 9. The minimum atomic E-state index is 0.897. The topological polar surface area (TPSA) is 16.4 Å². The molecule has 0 aliphatic rings. The lowest BCUT2D eigenvalue weighted by Gasteiger charge is -2.30. The summed E-state index contributed by atoms with van der Waals surface area (Å²) in [7, 11) is 0. The molecule has 11 aromatic carbocycles. The van der Waals surface area contributed by atoms with E-state index in [9.17, 15) is 0 Å². The molecule has 310 valence electrons. The van der Waals surface area contributed by atoms with Crippen LogP contribution in [-0.4, -0.2) is 0 Å². The first kappa shape index (κ1) is 38.9. The fraction of sp³-hybridized carbons (Fsp3) is 0. The van der Waals surface area contributed by atoms with Gasteiger partial charge in [-0.15, -0.1) is 0 Å². The van der Waals surface area contributed by atoms with E-state index in [4.69, 9.17) is 4.42 Å². The Hall–Kier alpha value is -8.72. The number of hydrogen-bond acceptors (Lipinski definition) is 2. The van der Waals surface area contributed by atoms with Crippen LogP contribution in [0.3, 0.4) is 0 Å². The molecule has 0 saturated heterocycles. The molecule has 12 aromatic rings. The van der Waals surface area contributed by atoms with E-state index in [1.54, 1.807) is 0 Å². The summed E-state index contributed by atoms with van der Waals surface area (Å²) in [5.41, 5.74) is 18.9. The number of furan rings is 1. The normalized spacial score (nSPS) is 11.3. The van der Waals surface area contributed by atoms with Crippen molar-refractivity contribution in [1.82, 2.24) is 0 Å². The Bertz CT molecular complexity index is 3660. The Morgan fingerprint density at radius 1 is 0.258 bits per heavy atom. The Morgan fingerprint density at radius 2 is 0.697 bits per heavy atom. The van der Waals surface area contributed by atoms with Gasteiger partial charge in [0.15, 0.2) is 0 Å². The maximum absolute atomic E-state index is 6.51. The molecule has 0 fully saturated rings. The summed E-state index contributed by atoms with van der Waals surface area (Å²) in [6, 6.07) is 93.9. The maximum Gasteiger partial charge on any atom is 0.143 e. The van der Waals surface area contributed by atoms with E-state index in [1.165, 1.54) is 44.2 Å². The number of anilines is 3. The van der Waals surface area contributed by atoms with E-state index in [0.717, 1.165) is 72.4 Å². The molecule has 0 spiro atoms. The van der Waals surface area contributed by atoms with Crippen molar-refractivity contribution in [3.05, 3.63) is 261 Å². The van der Waals surface area contributed by atoms with Gasteiger partial charge in [-0.3, -0.25) is 0 Å². The zero-order chi connectivity index (χ0) is 43.8. The fourth-order valence-electron chi connectivity index (χ4n) is 9.75. The monoisotopic (exact) mass is 841 g/mol. The molecule has 0 radical (unpaired) electrons. The van der Waals surface area contributed by atoms with Gasteiger partial charge in [-0.05, 0) is 103 Å². The summed E-state index contributed by atoms with van der Waals surface area (Å²) in [6.07, 6.45) is 0. The summed E-state index contributed by atoms with van der Waals surface area (Å²) in [5, 5.41) is 4.76. The molecule has 2 heteroatoms. The van der Waals surface area contributed by atoms with Crippen molar-refractivity contribution >= 4 is 49.8 Å². The third kappa shape index (κ3) is 7.02. The summed E-state index contributed by atoms with van der Waals surface area (Å²) in [4.78, 5) is 2.42. The molecule has 1 aromatic heterocycles. The second-order valence-electron chi connectivity index (χ2n) is 16.8. The first-order chi connectivity index (χ1) is 32.7. The van der Waals surface area contributed by atoms with Gasteiger partial charge in [-0.2, -0.15) is 0 Å². The first-order valence-corrected chi connectivity index (χ1v) is 22.6. The van der Waals surface area contributed by atoms with Gasteiger partial charge >= 0.3 is 0 Å². The molecule has 0 aliphatic heterocycles. The first-order valence-electron chi connectivity index (χ1n) is 22.6. The number of benzene rings is 11. The molecule has 0 bridgehead atoms. The molecular weight excluding hydrogens is 799 g/mol. The molecule has 12 rings (SSSR count). The van der Waals surface area contributed by atoms with Crippen molar-refractivity contribution < 1.29 is 4.42 Å². The maximum atomic E-state index is 6.51. The highest BCUT2D eigenvalue weighted by molar-refractivity contribution is 6.10. The lowest BCUT2D eigenvalue weighted by molar-refractivity contribution is 0.670. The third-order valence-electron chi connectivity index (χ3n) is 12.9. The van der Waals surface area contributed by atoms with E-state index in [1.807, 2.05) is 12.1 Å². The van der Waals surface area contributed by atoms with Crippen LogP contribution >= 0.6 is 0 Å². The van der Waals surface area contributed by atoms with Crippen molar-refractivity contribution in [3.8, 4) is 66.8 Å². The lowest BCUT2D eigenvalue weighted by Crippen LogP contribution is -2.12. The predicted molar refractivity (Wildman–Crippen MR) is 279 cm³/mol. The lowest BCUT2D eigenvalue weighted by atomic mass is 9.87. The van der Waals surface area contributed by atoms with Gasteiger partial charge in [0.1, 0.15) is 11.2 Å². The van der Waals surface area contributed by atoms with Gasteiger partial charge in [0, 0.05) is 33.3 Å². The van der Waals surface area contributed by atoms with Gasteiger partial charge in [-0.25, -0.2) is 0 Å².